The topological polar surface area (TPSA) is 95.6 Å². The third-order valence-electron chi connectivity index (χ3n) is 4.90. The van der Waals surface area contributed by atoms with Gasteiger partial charge in [0, 0.05) is 31.2 Å². The highest BCUT2D eigenvalue weighted by molar-refractivity contribution is 7.89. The largest absolute Gasteiger partial charge is 0.344 e. The average Bonchev–Trinajstić information content (AvgIpc) is 2.77. The number of halogens is 1. The van der Waals surface area contributed by atoms with Crippen molar-refractivity contribution in [2.45, 2.75) is 37.2 Å². The molecule has 2 aromatic carbocycles. The molecule has 1 aliphatic rings. The van der Waals surface area contributed by atoms with Crippen LogP contribution in [0.5, 0.6) is 0 Å². The molecule has 0 radical (unpaired) electrons. The molecule has 1 aliphatic heterocycles. The van der Waals surface area contributed by atoms with Gasteiger partial charge in [0.1, 0.15) is 0 Å². The molecule has 0 aliphatic carbocycles. The molecule has 1 heterocycles. The van der Waals surface area contributed by atoms with Crippen molar-refractivity contribution in [2.24, 2.45) is 0 Å². The number of benzene rings is 2. The molecule has 0 aromatic heterocycles. The Morgan fingerprint density at radius 2 is 1.27 bits per heavy atom. The second-order valence-electron chi connectivity index (χ2n) is 7.10. The van der Waals surface area contributed by atoms with Gasteiger partial charge < -0.3 is 10.6 Å². The van der Waals surface area contributed by atoms with E-state index in [-0.39, 0.29) is 18.0 Å². The van der Waals surface area contributed by atoms with Gasteiger partial charge >= 0.3 is 11.8 Å². The Morgan fingerprint density at radius 3 is 1.77 bits per heavy atom. The Labute approximate surface area is 181 Å². The molecule has 9 heteroatoms. The maximum absolute atomic E-state index is 12.7. The predicted molar refractivity (Wildman–Crippen MR) is 114 cm³/mol. The zero-order valence-corrected chi connectivity index (χ0v) is 18.0. The minimum atomic E-state index is -3.49. The summed E-state index contributed by atoms with van der Waals surface area (Å²) in [6.45, 7) is 1.43. The van der Waals surface area contributed by atoms with E-state index in [1.54, 1.807) is 36.4 Å². The highest BCUT2D eigenvalue weighted by Gasteiger charge is 2.25. The Balaban J connectivity index is 1.49. The van der Waals surface area contributed by atoms with Crippen molar-refractivity contribution in [1.82, 2.24) is 14.9 Å². The number of sulfonamides is 1. The lowest BCUT2D eigenvalue weighted by molar-refractivity contribution is -0.139. The third-order valence-corrected chi connectivity index (χ3v) is 7.07. The van der Waals surface area contributed by atoms with Crippen LogP contribution in [0.3, 0.4) is 0 Å². The predicted octanol–water partition coefficient (Wildman–Crippen LogP) is 2.45. The van der Waals surface area contributed by atoms with Crippen molar-refractivity contribution in [2.75, 3.05) is 13.1 Å². The zero-order valence-electron chi connectivity index (χ0n) is 16.4. The molecule has 7 nitrogen and oxygen atoms in total. The molecular formula is C21H24ClN3O4S. The Bertz CT molecular complexity index is 986. The summed E-state index contributed by atoms with van der Waals surface area (Å²) in [5.41, 5.74) is 1.53. The van der Waals surface area contributed by atoms with Crippen LogP contribution in [0, 0.1) is 0 Å². The normalized spacial score (nSPS) is 14.8. The van der Waals surface area contributed by atoms with Crippen molar-refractivity contribution in [1.29, 1.82) is 0 Å². The molecule has 0 unspecified atom stereocenters. The molecule has 0 spiro atoms. The van der Waals surface area contributed by atoms with E-state index in [0.29, 0.717) is 23.7 Å². The average molecular weight is 450 g/mol. The van der Waals surface area contributed by atoms with Gasteiger partial charge in [0.2, 0.25) is 10.0 Å². The molecule has 2 amide bonds. The van der Waals surface area contributed by atoms with Gasteiger partial charge in [-0.1, -0.05) is 42.3 Å². The summed E-state index contributed by atoms with van der Waals surface area (Å²) in [6.07, 6.45) is 2.81. The van der Waals surface area contributed by atoms with E-state index in [4.69, 9.17) is 11.6 Å². The second-order valence-corrected chi connectivity index (χ2v) is 9.47. The standard InChI is InChI=1S/C21H24ClN3O4S/c22-18-8-4-16(5-9-18)14-23-20(26)21(27)24-15-17-6-10-19(11-7-17)30(28,29)25-12-2-1-3-13-25/h4-11H,1-3,12-15H2,(H,23,26)(H,24,27). The van der Waals surface area contributed by atoms with Crippen molar-refractivity contribution in [3.8, 4) is 0 Å². The summed E-state index contributed by atoms with van der Waals surface area (Å²) >= 11 is 5.81. The number of amides is 2. The molecule has 0 atom stereocenters. The summed E-state index contributed by atoms with van der Waals surface area (Å²) in [6, 6.07) is 13.3. The fourth-order valence-electron chi connectivity index (χ4n) is 3.16. The Kier molecular flexibility index (Phi) is 7.47. The first-order valence-electron chi connectivity index (χ1n) is 9.76. The molecule has 160 valence electrons. The first-order chi connectivity index (χ1) is 14.4. The van der Waals surface area contributed by atoms with Crippen LogP contribution in [0.4, 0.5) is 0 Å². The number of carbonyl (C=O) groups is 2. The van der Waals surface area contributed by atoms with E-state index in [1.807, 2.05) is 0 Å². The van der Waals surface area contributed by atoms with Crippen molar-refractivity contribution in [3.63, 3.8) is 0 Å². The SMILES string of the molecule is O=C(NCc1ccc(Cl)cc1)C(=O)NCc1ccc(S(=O)(=O)N2CCCCC2)cc1. The van der Waals surface area contributed by atoms with Gasteiger partial charge in [-0.15, -0.1) is 0 Å². The van der Waals surface area contributed by atoms with Crippen LogP contribution in [-0.4, -0.2) is 37.6 Å². The number of hydrogen-bond acceptors (Lipinski definition) is 4. The van der Waals surface area contributed by atoms with Crippen LogP contribution in [-0.2, 0) is 32.7 Å². The second kappa shape index (κ2) is 10.1. The van der Waals surface area contributed by atoms with Gasteiger partial charge in [-0.3, -0.25) is 9.59 Å². The van der Waals surface area contributed by atoms with Gasteiger partial charge in [0.25, 0.3) is 0 Å². The molecule has 3 rings (SSSR count). The van der Waals surface area contributed by atoms with E-state index in [0.717, 1.165) is 24.8 Å². The summed E-state index contributed by atoms with van der Waals surface area (Å²) < 4.78 is 26.8. The Morgan fingerprint density at radius 1 is 0.800 bits per heavy atom. The van der Waals surface area contributed by atoms with Crippen LogP contribution in [0.1, 0.15) is 30.4 Å². The lowest BCUT2D eigenvalue weighted by atomic mass is 10.2. The molecular weight excluding hydrogens is 426 g/mol. The third kappa shape index (κ3) is 5.81. The van der Waals surface area contributed by atoms with Gasteiger partial charge in [-0.05, 0) is 48.2 Å². The quantitative estimate of drug-likeness (QED) is 0.662. The summed E-state index contributed by atoms with van der Waals surface area (Å²) in [7, 11) is -3.49. The molecule has 30 heavy (non-hydrogen) atoms. The smallest absolute Gasteiger partial charge is 0.309 e. The lowest BCUT2D eigenvalue weighted by Gasteiger charge is -2.25. The molecule has 0 bridgehead atoms. The maximum atomic E-state index is 12.7. The number of carbonyl (C=O) groups excluding carboxylic acids is 2. The molecule has 2 N–H and O–H groups in total. The number of piperidine rings is 1. The van der Waals surface area contributed by atoms with Crippen LogP contribution in [0.2, 0.25) is 5.02 Å². The van der Waals surface area contributed by atoms with E-state index < -0.39 is 21.8 Å². The van der Waals surface area contributed by atoms with Gasteiger partial charge in [-0.2, -0.15) is 4.31 Å². The van der Waals surface area contributed by atoms with E-state index in [2.05, 4.69) is 10.6 Å². The van der Waals surface area contributed by atoms with E-state index in [1.165, 1.54) is 16.4 Å². The highest BCUT2D eigenvalue weighted by Crippen LogP contribution is 2.20. The molecule has 1 fully saturated rings. The van der Waals surface area contributed by atoms with Gasteiger partial charge in [-0.25, -0.2) is 8.42 Å². The molecule has 2 aromatic rings. The van der Waals surface area contributed by atoms with Crippen LogP contribution < -0.4 is 10.6 Å². The van der Waals surface area contributed by atoms with Crippen LogP contribution in [0.25, 0.3) is 0 Å². The maximum Gasteiger partial charge on any atom is 0.309 e. The minimum absolute atomic E-state index is 0.122. The zero-order chi connectivity index (χ0) is 21.6. The fourth-order valence-corrected chi connectivity index (χ4v) is 4.80. The monoisotopic (exact) mass is 449 g/mol. The van der Waals surface area contributed by atoms with Crippen LogP contribution in [0.15, 0.2) is 53.4 Å². The van der Waals surface area contributed by atoms with E-state index >= 15 is 0 Å². The van der Waals surface area contributed by atoms with E-state index in [9.17, 15) is 18.0 Å². The summed E-state index contributed by atoms with van der Waals surface area (Å²) in [4.78, 5) is 24.1. The van der Waals surface area contributed by atoms with Crippen molar-refractivity contribution >= 4 is 33.4 Å². The van der Waals surface area contributed by atoms with Crippen molar-refractivity contribution < 1.29 is 18.0 Å². The number of nitrogens with one attached hydrogen (secondary N) is 2. The van der Waals surface area contributed by atoms with Crippen LogP contribution >= 0.6 is 11.6 Å². The Hall–Kier alpha value is -2.42. The first kappa shape index (κ1) is 22.3. The fraction of sp³-hybridized carbons (Fsp3) is 0.333. The lowest BCUT2D eigenvalue weighted by Crippen LogP contribution is -2.39. The molecule has 0 saturated carbocycles. The molecule has 1 saturated heterocycles. The number of hydrogen-bond donors (Lipinski definition) is 2. The highest BCUT2D eigenvalue weighted by atomic mass is 35.5. The summed E-state index contributed by atoms with van der Waals surface area (Å²) in [5.74, 6) is -1.50. The summed E-state index contributed by atoms with van der Waals surface area (Å²) in [5, 5.41) is 5.67. The van der Waals surface area contributed by atoms with Crippen molar-refractivity contribution in [3.05, 3.63) is 64.7 Å². The van der Waals surface area contributed by atoms with Gasteiger partial charge in [0.05, 0.1) is 4.90 Å². The minimum Gasteiger partial charge on any atom is -0.344 e. The first-order valence-corrected chi connectivity index (χ1v) is 11.6. The number of rotatable bonds is 6. The van der Waals surface area contributed by atoms with Gasteiger partial charge in [0.15, 0.2) is 0 Å². The number of nitrogens with zero attached hydrogens (tertiary/aromatic N) is 1.